The van der Waals surface area contributed by atoms with Crippen molar-refractivity contribution in [1.82, 2.24) is 19.8 Å². The SMILES string of the molecule is Nc1c(-c2ccco2)ccnc1CCCCN1CCN(c2cccc(C(F)(F)F)c2)CC1.Nc1c(-c2ccsc2)ccnc1CCCCN1CCN(c2cccc(C(F)(F)F)c2)CC1. The van der Waals surface area contributed by atoms with Crippen LogP contribution in [0.3, 0.4) is 0 Å². The van der Waals surface area contributed by atoms with Crippen molar-refractivity contribution in [1.29, 1.82) is 0 Å². The molecule has 2 fully saturated rings. The first-order valence-corrected chi connectivity index (χ1v) is 22.6. The van der Waals surface area contributed by atoms with Gasteiger partial charge in [0.2, 0.25) is 0 Å². The highest BCUT2D eigenvalue weighted by Gasteiger charge is 2.32. The first-order chi connectivity index (χ1) is 30.8. The number of piperazine rings is 2. The van der Waals surface area contributed by atoms with Gasteiger partial charge in [-0.25, -0.2) is 0 Å². The number of rotatable bonds is 14. The number of benzene rings is 2. The number of unbranched alkanes of at least 4 members (excludes halogenated alkanes) is 2. The van der Waals surface area contributed by atoms with Gasteiger partial charge >= 0.3 is 12.4 Å². The number of aryl methyl sites for hydroxylation is 2. The number of pyridine rings is 2. The molecule has 0 aliphatic carbocycles. The molecule has 0 spiro atoms. The van der Waals surface area contributed by atoms with E-state index in [1.807, 2.05) is 45.6 Å². The maximum absolute atomic E-state index is 13.0. The molecule has 0 bridgehead atoms. The van der Waals surface area contributed by atoms with Crippen LogP contribution in [0, 0.1) is 0 Å². The minimum atomic E-state index is -4.31. The third kappa shape index (κ3) is 12.4. The van der Waals surface area contributed by atoms with E-state index < -0.39 is 23.5 Å². The van der Waals surface area contributed by atoms with Crippen molar-refractivity contribution in [2.45, 2.75) is 50.9 Å². The highest BCUT2D eigenvalue weighted by molar-refractivity contribution is 7.08. The Labute approximate surface area is 374 Å². The molecule has 0 amide bonds. The zero-order chi connectivity index (χ0) is 45.1. The standard InChI is InChI=1S/C24H27F3N4O.C24H27F3N4S/c25-24(26,27)18-5-3-6-19(17-18)31-14-12-30(13-15-31)11-2-1-7-21-23(28)20(9-10-29-21)22-8-4-16-32-22;25-24(26,27)19-4-3-5-20(16-19)31-13-11-30(12-14-31)10-2-1-6-22-23(28)21(7-9-29-22)18-8-15-32-17-18/h3-6,8-10,16-17H,1-2,7,11-15,28H2;3-5,7-9,15-17H,1-2,6,10-14,28H2. The number of thiophene rings is 1. The van der Waals surface area contributed by atoms with E-state index in [1.165, 1.54) is 24.3 Å². The predicted molar refractivity (Wildman–Crippen MR) is 244 cm³/mol. The number of nitrogen functional groups attached to an aromatic ring is 2. The number of anilines is 4. The lowest BCUT2D eigenvalue weighted by atomic mass is 10.0. The van der Waals surface area contributed by atoms with Gasteiger partial charge in [0.15, 0.2) is 0 Å². The van der Waals surface area contributed by atoms with E-state index in [9.17, 15) is 26.3 Å². The summed E-state index contributed by atoms with van der Waals surface area (Å²) in [5.41, 5.74) is 19.1. The summed E-state index contributed by atoms with van der Waals surface area (Å²) >= 11 is 1.65. The van der Waals surface area contributed by atoms with Crippen LogP contribution in [0.4, 0.5) is 49.1 Å². The van der Waals surface area contributed by atoms with Crippen LogP contribution in [0.2, 0.25) is 0 Å². The quantitative estimate of drug-likeness (QED) is 0.0817. The topological polar surface area (TPSA) is 104 Å². The Hall–Kier alpha value is -5.58. The predicted octanol–water partition coefficient (Wildman–Crippen LogP) is 10.6. The molecular weight excluding hydrogens is 851 g/mol. The summed E-state index contributed by atoms with van der Waals surface area (Å²) in [6.45, 7) is 8.22. The Morgan fingerprint density at radius 2 is 1.08 bits per heavy atom. The number of aromatic nitrogens is 2. The van der Waals surface area contributed by atoms with Crippen LogP contribution in [0.1, 0.15) is 48.2 Å². The van der Waals surface area contributed by atoms with Crippen LogP contribution >= 0.6 is 11.3 Å². The van der Waals surface area contributed by atoms with Gasteiger partial charge < -0.3 is 25.7 Å². The van der Waals surface area contributed by atoms with E-state index >= 15 is 0 Å². The Kier molecular flexibility index (Phi) is 15.5. The molecule has 0 saturated carbocycles. The summed E-state index contributed by atoms with van der Waals surface area (Å²) in [5.74, 6) is 0.741. The second kappa shape index (κ2) is 21.4. The average molecular weight is 905 g/mol. The van der Waals surface area contributed by atoms with Crippen LogP contribution < -0.4 is 21.3 Å². The van der Waals surface area contributed by atoms with E-state index in [2.05, 4.69) is 31.2 Å². The third-order valence-corrected chi connectivity index (χ3v) is 12.5. The van der Waals surface area contributed by atoms with Crippen molar-refractivity contribution in [3.8, 4) is 22.5 Å². The van der Waals surface area contributed by atoms with Crippen molar-refractivity contribution in [2.75, 3.05) is 86.7 Å². The Morgan fingerprint density at radius 1 is 0.578 bits per heavy atom. The lowest BCUT2D eigenvalue weighted by Gasteiger charge is -2.36. The van der Waals surface area contributed by atoms with Crippen molar-refractivity contribution in [3.05, 3.63) is 131 Å². The number of hydrogen-bond donors (Lipinski definition) is 2. The fourth-order valence-corrected chi connectivity index (χ4v) is 8.88. The van der Waals surface area contributed by atoms with Gasteiger partial charge in [0.05, 0.1) is 40.2 Å². The smallest absolute Gasteiger partial charge is 0.416 e. The van der Waals surface area contributed by atoms with E-state index in [0.717, 1.165) is 156 Å². The number of alkyl halides is 6. The van der Waals surface area contributed by atoms with Crippen molar-refractivity contribution >= 4 is 34.1 Å². The molecular formula is C48H54F6N8OS. The molecule has 2 aromatic carbocycles. The van der Waals surface area contributed by atoms with E-state index in [1.54, 1.807) is 35.9 Å². The minimum absolute atomic E-state index is 0.589. The summed E-state index contributed by atoms with van der Waals surface area (Å²) in [4.78, 5) is 17.7. The summed E-state index contributed by atoms with van der Waals surface area (Å²) in [6.07, 6.45) is 2.24. The summed E-state index contributed by atoms with van der Waals surface area (Å²) in [7, 11) is 0. The largest absolute Gasteiger partial charge is 0.464 e. The average Bonchev–Trinajstić information content (AvgIpc) is 4.04. The van der Waals surface area contributed by atoms with Crippen LogP contribution in [0.25, 0.3) is 22.5 Å². The maximum Gasteiger partial charge on any atom is 0.416 e. The fraction of sp³-hybridized carbons (Fsp3) is 0.375. The molecule has 6 heterocycles. The number of halogens is 6. The lowest BCUT2D eigenvalue weighted by Crippen LogP contribution is -2.46. The molecule has 0 atom stereocenters. The Bertz CT molecular complexity index is 2190. The van der Waals surface area contributed by atoms with Crippen LogP contribution in [-0.4, -0.2) is 85.2 Å². The second-order valence-corrected chi connectivity index (χ2v) is 16.9. The molecule has 4 N–H and O–H groups in total. The zero-order valence-corrected chi connectivity index (χ0v) is 36.4. The summed E-state index contributed by atoms with van der Waals surface area (Å²) < 4.78 is 83.3. The molecule has 0 unspecified atom stereocenters. The summed E-state index contributed by atoms with van der Waals surface area (Å²) in [5, 5.41) is 4.14. The van der Waals surface area contributed by atoms with E-state index in [0.29, 0.717) is 17.1 Å². The van der Waals surface area contributed by atoms with Gasteiger partial charge in [0.1, 0.15) is 5.76 Å². The van der Waals surface area contributed by atoms with Crippen molar-refractivity contribution in [2.24, 2.45) is 0 Å². The van der Waals surface area contributed by atoms with Crippen LogP contribution in [-0.2, 0) is 25.2 Å². The molecule has 9 nitrogen and oxygen atoms in total. The molecule has 4 aromatic heterocycles. The molecule has 0 radical (unpaired) electrons. The number of hydrogen-bond acceptors (Lipinski definition) is 10. The van der Waals surface area contributed by atoms with Crippen LogP contribution in [0.15, 0.2) is 113 Å². The zero-order valence-electron chi connectivity index (χ0n) is 35.6. The van der Waals surface area contributed by atoms with Gasteiger partial charge in [0.25, 0.3) is 0 Å². The second-order valence-electron chi connectivity index (χ2n) is 16.1. The Balaban J connectivity index is 0.000000191. The fourth-order valence-electron chi connectivity index (χ4n) is 8.22. The number of nitrogens with two attached hydrogens (primary N) is 2. The summed E-state index contributed by atoms with van der Waals surface area (Å²) in [6, 6.07) is 20.8. The molecule has 6 aromatic rings. The van der Waals surface area contributed by atoms with E-state index in [4.69, 9.17) is 15.9 Å². The maximum atomic E-state index is 13.0. The van der Waals surface area contributed by atoms with E-state index in [-0.39, 0.29) is 0 Å². The number of nitrogens with zero attached hydrogens (tertiary/aromatic N) is 6. The van der Waals surface area contributed by atoms with Gasteiger partial charge in [0, 0.05) is 87.3 Å². The lowest BCUT2D eigenvalue weighted by molar-refractivity contribution is -0.138. The molecule has 8 rings (SSSR count). The highest BCUT2D eigenvalue weighted by Crippen LogP contribution is 2.34. The molecule has 340 valence electrons. The molecule has 2 aliphatic heterocycles. The number of furan rings is 1. The van der Waals surface area contributed by atoms with Gasteiger partial charge in [-0.3, -0.25) is 19.8 Å². The molecule has 16 heteroatoms. The molecule has 2 aliphatic rings. The molecule has 2 saturated heterocycles. The first kappa shape index (κ1) is 46.4. The first-order valence-electron chi connectivity index (χ1n) is 21.7. The molecule has 64 heavy (non-hydrogen) atoms. The highest BCUT2D eigenvalue weighted by atomic mass is 32.1. The monoisotopic (exact) mass is 904 g/mol. The van der Waals surface area contributed by atoms with Gasteiger partial charge in [-0.2, -0.15) is 37.7 Å². The van der Waals surface area contributed by atoms with Crippen LogP contribution in [0.5, 0.6) is 0 Å². The van der Waals surface area contributed by atoms with Gasteiger partial charge in [-0.1, -0.05) is 12.1 Å². The third-order valence-electron chi connectivity index (χ3n) is 11.9. The Morgan fingerprint density at radius 3 is 1.53 bits per heavy atom. The van der Waals surface area contributed by atoms with Gasteiger partial charge in [-0.15, -0.1) is 0 Å². The normalized spacial score (nSPS) is 15.3. The van der Waals surface area contributed by atoms with Crippen molar-refractivity contribution < 1.29 is 30.8 Å². The van der Waals surface area contributed by atoms with Gasteiger partial charge in [-0.05, 0) is 135 Å². The van der Waals surface area contributed by atoms with Crippen molar-refractivity contribution in [3.63, 3.8) is 0 Å². The minimum Gasteiger partial charge on any atom is -0.464 e.